The summed E-state index contributed by atoms with van der Waals surface area (Å²) in [4.78, 5) is 0. The van der Waals surface area contributed by atoms with Gasteiger partial charge in [0, 0.05) is 5.92 Å². The topological polar surface area (TPSA) is 24.7 Å². The summed E-state index contributed by atoms with van der Waals surface area (Å²) in [5.41, 5.74) is 4.91. The van der Waals surface area contributed by atoms with Gasteiger partial charge in [0.15, 0.2) is 0 Å². The Morgan fingerprint density at radius 2 is 1.69 bits per heavy atom. The first-order valence-corrected chi connectivity index (χ1v) is 14.1. The summed E-state index contributed by atoms with van der Waals surface area (Å²) in [7, 11) is 0. The first-order valence-electron chi connectivity index (χ1n) is 14.1. The van der Waals surface area contributed by atoms with E-state index in [9.17, 15) is 0 Å². The summed E-state index contributed by atoms with van der Waals surface area (Å²) in [5, 5.41) is 9.39. The van der Waals surface area contributed by atoms with E-state index in [1.807, 2.05) is 12.3 Å². The molecule has 2 aromatic carbocycles. The number of nitrogens with zero attached hydrogens (tertiary/aromatic N) is 2. The Morgan fingerprint density at radius 1 is 0.943 bits per heavy atom. The fourth-order valence-electron chi connectivity index (χ4n) is 5.71. The van der Waals surface area contributed by atoms with Gasteiger partial charge in [-0.2, -0.15) is 10.2 Å². The lowest BCUT2D eigenvalue weighted by Gasteiger charge is -2.34. The van der Waals surface area contributed by atoms with Crippen LogP contribution in [0, 0.1) is 17.8 Å². The molecule has 2 nitrogen and oxygen atoms in total. The van der Waals surface area contributed by atoms with Crippen molar-refractivity contribution in [1.82, 2.24) is 0 Å². The molecule has 1 aliphatic rings. The average molecular weight is 471 g/mol. The number of benzene rings is 2. The maximum Gasteiger partial charge on any atom is 0.0733 e. The third-order valence-corrected chi connectivity index (χ3v) is 7.80. The monoisotopic (exact) mass is 470 g/mol. The van der Waals surface area contributed by atoms with Crippen molar-refractivity contribution in [3.05, 3.63) is 83.9 Å². The molecule has 0 bridgehead atoms. The molecule has 0 aromatic heterocycles. The summed E-state index contributed by atoms with van der Waals surface area (Å²) >= 11 is 0. The van der Waals surface area contributed by atoms with Gasteiger partial charge in [0.05, 0.1) is 11.9 Å². The van der Waals surface area contributed by atoms with Crippen LogP contribution >= 0.6 is 0 Å². The number of aryl methyl sites for hydroxylation is 1. The Kier molecular flexibility index (Phi) is 12.0. The SMILES string of the molecule is C=CCCCCCc1ccc(C=NN=C(c2ccccc2)[C@H]2CC[C@H](C(CC)CCC)CC2)cc1. The van der Waals surface area contributed by atoms with E-state index < -0.39 is 0 Å². The van der Waals surface area contributed by atoms with E-state index in [1.54, 1.807) is 0 Å². The summed E-state index contributed by atoms with van der Waals surface area (Å²) in [6.07, 6.45) is 19.1. The van der Waals surface area contributed by atoms with Gasteiger partial charge in [-0.05, 0) is 79.9 Å². The van der Waals surface area contributed by atoms with Crippen LogP contribution < -0.4 is 0 Å². The summed E-state index contributed by atoms with van der Waals surface area (Å²) < 4.78 is 0. The minimum Gasteiger partial charge on any atom is -0.158 e. The molecule has 0 heterocycles. The highest BCUT2D eigenvalue weighted by atomic mass is 15.2. The maximum atomic E-state index is 4.82. The van der Waals surface area contributed by atoms with Crippen molar-refractivity contribution in [1.29, 1.82) is 0 Å². The molecule has 2 aromatic rings. The molecule has 0 N–H and O–H groups in total. The first-order chi connectivity index (χ1) is 17.2. The summed E-state index contributed by atoms with van der Waals surface area (Å²) in [6, 6.07) is 19.5. The lowest BCUT2D eigenvalue weighted by atomic mass is 9.72. The second kappa shape index (κ2) is 15.5. The average Bonchev–Trinajstić information content (AvgIpc) is 2.91. The van der Waals surface area contributed by atoms with Crippen LogP contribution in [-0.4, -0.2) is 11.9 Å². The van der Waals surface area contributed by atoms with E-state index >= 15 is 0 Å². The molecule has 1 fully saturated rings. The molecule has 0 spiro atoms. The van der Waals surface area contributed by atoms with Crippen LogP contribution in [0.2, 0.25) is 0 Å². The molecule has 2 heteroatoms. The lowest BCUT2D eigenvalue weighted by Crippen LogP contribution is -2.26. The largest absolute Gasteiger partial charge is 0.158 e. The van der Waals surface area contributed by atoms with Crippen molar-refractivity contribution in [3.8, 4) is 0 Å². The predicted molar refractivity (Wildman–Crippen MR) is 154 cm³/mol. The number of rotatable bonds is 14. The number of unbranched alkanes of at least 4 members (excludes halogenated alkanes) is 3. The van der Waals surface area contributed by atoms with Gasteiger partial charge in [0.2, 0.25) is 0 Å². The van der Waals surface area contributed by atoms with Crippen LogP contribution in [0.25, 0.3) is 0 Å². The van der Waals surface area contributed by atoms with E-state index in [2.05, 4.69) is 80.1 Å². The molecule has 35 heavy (non-hydrogen) atoms. The van der Waals surface area contributed by atoms with Gasteiger partial charge < -0.3 is 0 Å². The highest BCUT2D eigenvalue weighted by Gasteiger charge is 2.29. The molecule has 0 aliphatic heterocycles. The molecular weight excluding hydrogens is 424 g/mol. The zero-order valence-electron chi connectivity index (χ0n) is 22.2. The summed E-state index contributed by atoms with van der Waals surface area (Å²) in [6.45, 7) is 8.50. The molecular formula is C33H46N2. The lowest BCUT2D eigenvalue weighted by molar-refractivity contribution is 0.212. The Morgan fingerprint density at radius 3 is 2.34 bits per heavy atom. The van der Waals surface area contributed by atoms with Crippen molar-refractivity contribution < 1.29 is 0 Å². The van der Waals surface area contributed by atoms with E-state index in [4.69, 9.17) is 5.10 Å². The number of hydrogen-bond donors (Lipinski definition) is 0. The highest BCUT2D eigenvalue weighted by Crippen LogP contribution is 2.38. The Bertz CT molecular complexity index is 902. The minimum atomic E-state index is 0.508. The van der Waals surface area contributed by atoms with Crippen LogP contribution in [0.4, 0.5) is 0 Å². The smallest absolute Gasteiger partial charge is 0.0733 e. The Hall–Kier alpha value is -2.48. The third-order valence-electron chi connectivity index (χ3n) is 7.80. The Labute approximate surface area is 214 Å². The normalized spacial score (nSPS) is 19.7. The van der Waals surface area contributed by atoms with Gasteiger partial charge >= 0.3 is 0 Å². The molecule has 1 unspecified atom stereocenters. The molecule has 0 radical (unpaired) electrons. The van der Waals surface area contributed by atoms with Crippen LogP contribution in [-0.2, 0) is 6.42 Å². The zero-order valence-corrected chi connectivity index (χ0v) is 22.2. The number of hydrogen-bond acceptors (Lipinski definition) is 2. The van der Waals surface area contributed by atoms with Gasteiger partial charge in [-0.25, -0.2) is 0 Å². The maximum absolute atomic E-state index is 4.82. The van der Waals surface area contributed by atoms with E-state index in [-0.39, 0.29) is 0 Å². The second-order valence-electron chi connectivity index (χ2n) is 10.3. The summed E-state index contributed by atoms with van der Waals surface area (Å²) in [5.74, 6) is 2.29. The second-order valence-corrected chi connectivity index (χ2v) is 10.3. The van der Waals surface area contributed by atoms with Gasteiger partial charge in [0.25, 0.3) is 0 Å². The van der Waals surface area contributed by atoms with Gasteiger partial charge in [-0.1, -0.05) is 100 Å². The van der Waals surface area contributed by atoms with Gasteiger partial charge in [-0.15, -0.1) is 6.58 Å². The van der Waals surface area contributed by atoms with Crippen molar-refractivity contribution in [2.24, 2.45) is 28.0 Å². The molecule has 188 valence electrons. The molecule has 3 rings (SSSR count). The van der Waals surface area contributed by atoms with E-state index in [0.717, 1.165) is 30.2 Å². The standard InChI is InChI=1S/C33H46N2/c1-4-7-8-9-11-15-27-18-20-28(21-19-27)26-34-35-33(31-16-12-10-13-17-31)32-24-22-30(23-25-32)29(6-3)14-5-2/h4,10,12-13,16-21,26,29-30,32H,1,5-9,11,14-15,22-25H2,2-3H3/t29?,30-,32-. The quantitative estimate of drug-likeness (QED) is 0.114. The molecule has 1 saturated carbocycles. The zero-order chi connectivity index (χ0) is 24.7. The van der Waals surface area contributed by atoms with Crippen LogP contribution in [0.3, 0.4) is 0 Å². The van der Waals surface area contributed by atoms with E-state index in [0.29, 0.717) is 5.92 Å². The minimum absolute atomic E-state index is 0.508. The third kappa shape index (κ3) is 8.91. The van der Waals surface area contributed by atoms with Crippen molar-refractivity contribution in [2.75, 3.05) is 0 Å². The molecule has 0 amide bonds. The number of allylic oxidation sites excluding steroid dienone is 1. The highest BCUT2D eigenvalue weighted by molar-refractivity contribution is 6.02. The fourth-order valence-corrected chi connectivity index (χ4v) is 5.71. The Balaban J connectivity index is 1.62. The van der Waals surface area contributed by atoms with Crippen molar-refractivity contribution in [3.63, 3.8) is 0 Å². The molecule has 1 aliphatic carbocycles. The van der Waals surface area contributed by atoms with Gasteiger partial charge in [0.1, 0.15) is 0 Å². The molecule has 1 atom stereocenters. The van der Waals surface area contributed by atoms with Gasteiger partial charge in [-0.3, -0.25) is 0 Å². The first kappa shape index (κ1) is 27.1. The van der Waals surface area contributed by atoms with Crippen LogP contribution in [0.1, 0.15) is 101 Å². The van der Waals surface area contributed by atoms with Crippen molar-refractivity contribution >= 4 is 11.9 Å². The van der Waals surface area contributed by atoms with Crippen LogP contribution in [0.15, 0.2) is 77.5 Å². The predicted octanol–water partition coefficient (Wildman–Crippen LogP) is 9.43. The van der Waals surface area contributed by atoms with Crippen LogP contribution in [0.5, 0.6) is 0 Å². The fraction of sp³-hybridized carbons (Fsp3) is 0.515. The van der Waals surface area contributed by atoms with E-state index in [1.165, 1.54) is 81.0 Å². The molecule has 0 saturated heterocycles. The van der Waals surface area contributed by atoms with Crippen molar-refractivity contribution in [2.45, 2.75) is 90.9 Å².